The van der Waals surface area contributed by atoms with Crippen molar-refractivity contribution < 1.29 is 19.0 Å². The van der Waals surface area contributed by atoms with Gasteiger partial charge in [-0.25, -0.2) is 4.79 Å². The Morgan fingerprint density at radius 3 is 2.43 bits per heavy atom. The lowest BCUT2D eigenvalue weighted by Crippen LogP contribution is -2.21. The van der Waals surface area contributed by atoms with Crippen molar-refractivity contribution in [3.05, 3.63) is 98.9 Å². The van der Waals surface area contributed by atoms with E-state index in [1.165, 1.54) is 0 Å². The molecule has 1 heterocycles. The molecule has 0 saturated heterocycles. The van der Waals surface area contributed by atoms with Gasteiger partial charge in [-0.2, -0.15) is 5.26 Å². The number of rotatable bonds is 7. The first kappa shape index (κ1) is 24.5. The Kier molecular flexibility index (Phi) is 7.50. The number of benzene rings is 3. The van der Waals surface area contributed by atoms with Gasteiger partial charge in [0.15, 0.2) is 0 Å². The highest BCUT2D eigenvalue weighted by Crippen LogP contribution is 2.47. The predicted molar refractivity (Wildman–Crippen MR) is 134 cm³/mol. The van der Waals surface area contributed by atoms with Crippen molar-refractivity contribution in [3.63, 3.8) is 0 Å². The fraction of sp³-hybridized carbons (Fsp3) is 0.185. The van der Waals surface area contributed by atoms with E-state index in [0.717, 1.165) is 12.8 Å². The molecule has 4 rings (SSSR count). The van der Waals surface area contributed by atoms with Gasteiger partial charge < -0.3 is 19.9 Å². The first-order valence-electron chi connectivity index (χ1n) is 11.0. The number of carbonyl (C=O) groups is 1. The number of nitrogens with zero attached hydrogens (tertiary/aromatic N) is 1. The Morgan fingerprint density at radius 2 is 1.77 bits per heavy atom. The topological polar surface area (TPSA) is 94.6 Å². The van der Waals surface area contributed by atoms with E-state index in [1.54, 1.807) is 60.7 Å². The second-order valence-electron chi connectivity index (χ2n) is 7.88. The van der Waals surface area contributed by atoms with Gasteiger partial charge in [0.05, 0.1) is 18.1 Å². The lowest BCUT2D eigenvalue weighted by molar-refractivity contribution is 0.0734. The summed E-state index contributed by atoms with van der Waals surface area (Å²) in [5, 5.41) is 10.5. The molecule has 0 aromatic heterocycles. The molecule has 1 aliphatic heterocycles. The molecular weight excluding hydrogens is 487 g/mol. The van der Waals surface area contributed by atoms with Crippen LogP contribution in [0.5, 0.6) is 17.2 Å². The molecule has 0 bridgehead atoms. The summed E-state index contributed by atoms with van der Waals surface area (Å²) in [7, 11) is 0. The number of halogens is 2. The first-order chi connectivity index (χ1) is 16.9. The molecule has 1 aliphatic rings. The van der Waals surface area contributed by atoms with Crippen molar-refractivity contribution in [2.24, 2.45) is 5.73 Å². The number of nitriles is 1. The number of fused-ring (bicyclic) bond motifs is 1. The molecule has 0 amide bonds. The predicted octanol–water partition coefficient (Wildman–Crippen LogP) is 6.61. The fourth-order valence-corrected chi connectivity index (χ4v) is 4.39. The van der Waals surface area contributed by atoms with Gasteiger partial charge in [-0.15, -0.1) is 0 Å². The third kappa shape index (κ3) is 5.22. The molecular formula is C27H22Cl2N2O4. The van der Waals surface area contributed by atoms with Crippen molar-refractivity contribution in [1.82, 2.24) is 0 Å². The van der Waals surface area contributed by atoms with Crippen LogP contribution < -0.4 is 19.9 Å². The Hall–Kier alpha value is -3.66. The lowest BCUT2D eigenvalue weighted by Gasteiger charge is -2.27. The second kappa shape index (κ2) is 10.7. The summed E-state index contributed by atoms with van der Waals surface area (Å²) in [6.07, 6.45) is 2.00. The zero-order valence-corrected chi connectivity index (χ0v) is 20.4. The van der Waals surface area contributed by atoms with E-state index in [4.69, 9.17) is 43.1 Å². The molecule has 6 nitrogen and oxygen atoms in total. The molecule has 0 spiro atoms. The van der Waals surface area contributed by atoms with Crippen molar-refractivity contribution in [2.45, 2.75) is 25.7 Å². The molecule has 8 heteroatoms. The third-order valence-electron chi connectivity index (χ3n) is 5.55. The highest BCUT2D eigenvalue weighted by atomic mass is 35.5. The smallest absolute Gasteiger partial charge is 0.343 e. The van der Waals surface area contributed by atoms with Gasteiger partial charge in [-0.3, -0.25) is 0 Å². The molecule has 2 N–H and O–H groups in total. The Labute approximate surface area is 213 Å². The maximum Gasteiger partial charge on any atom is 0.343 e. The fourth-order valence-electron chi connectivity index (χ4n) is 3.77. The normalized spacial score (nSPS) is 14.5. The van der Waals surface area contributed by atoms with Crippen LogP contribution in [-0.2, 0) is 0 Å². The van der Waals surface area contributed by atoms with Crippen LogP contribution in [0.4, 0.5) is 0 Å². The summed E-state index contributed by atoms with van der Waals surface area (Å²) in [5.41, 5.74) is 7.80. The van der Waals surface area contributed by atoms with Gasteiger partial charge in [0.2, 0.25) is 5.88 Å². The van der Waals surface area contributed by atoms with E-state index < -0.39 is 11.9 Å². The van der Waals surface area contributed by atoms with Crippen LogP contribution in [0.3, 0.4) is 0 Å². The average Bonchev–Trinajstić information content (AvgIpc) is 2.84. The number of nitrogens with two attached hydrogens (primary N) is 1. The summed E-state index contributed by atoms with van der Waals surface area (Å²) < 4.78 is 16.9. The summed E-state index contributed by atoms with van der Waals surface area (Å²) in [6, 6.07) is 18.8. The molecule has 0 saturated carbocycles. The molecule has 3 aromatic rings. The Bertz CT molecular complexity index is 1310. The standard InChI is InChI=1S/C27H22Cl2N2O4/c1-2-3-13-33-17-9-7-16(8-10-17)27(32)34-18-11-12-19-23(14-18)35-26(31)20(15-30)24(19)25-21(28)5-4-6-22(25)29/h4-12,14,24H,2-3,13,31H2,1H3. The van der Waals surface area contributed by atoms with E-state index in [0.29, 0.717) is 44.8 Å². The first-order valence-corrected chi connectivity index (χ1v) is 11.8. The van der Waals surface area contributed by atoms with Crippen molar-refractivity contribution in [2.75, 3.05) is 6.61 Å². The Balaban J connectivity index is 1.59. The summed E-state index contributed by atoms with van der Waals surface area (Å²) in [5.74, 6) is 0.0598. The highest BCUT2D eigenvalue weighted by Gasteiger charge is 2.33. The minimum atomic E-state index is -0.630. The number of carbonyl (C=O) groups excluding carboxylic acids is 1. The van der Waals surface area contributed by atoms with Crippen LogP contribution >= 0.6 is 23.2 Å². The average molecular weight is 509 g/mol. The van der Waals surface area contributed by atoms with E-state index in [9.17, 15) is 10.1 Å². The van der Waals surface area contributed by atoms with Gasteiger partial charge in [-0.1, -0.05) is 48.7 Å². The third-order valence-corrected chi connectivity index (χ3v) is 6.21. The molecule has 178 valence electrons. The van der Waals surface area contributed by atoms with E-state index in [-0.39, 0.29) is 17.2 Å². The van der Waals surface area contributed by atoms with E-state index in [1.807, 2.05) is 0 Å². The van der Waals surface area contributed by atoms with Gasteiger partial charge >= 0.3 is 5.97 Å². The molecule has 1 unspecified atom stereocenters. The quantitative estimate of drug-likeness (QED) is 0.219. The van der Waals surface area contributed by atoms with Gasteiger partial charge in [0.1, 0.15) is 28.9 Å². The molecule has 0 fully saturated rings. The summed E-state index contributed by atoms with van der Waals surface area (Å²) in [4.78, 5) is 12.7. The number of hydrogen-bond acceptors (Lipinski definition) is 6. The minimum Gasteiger partial charge on any atom is -0.494 e. The van der Waals surface area contributed by atoms with Crippen LogP contribution in [0.25, 0.3) is 0 Å². The lowest BCUT2D eigenvalue weighted by atomic mass is 9.83. The zero-order valence-electron chi connectivity index (χ0n) is 18.9. The summed E-state index contributed by atoms with van der Waals surface area (Å²) >= 11 is 12.9. The molecule has 0 radical (unpaired) electrons. The van der Waals surface area contributed by atoms with Gasteiger partial charge in [0, 0.05) is 27.2 Å². The molecule has 35 heavy (non-hydrogen) atoms. The number of allylic oxidation sites excluding steroid dienone is 1. The van der Waals surface area contributed by atoms with Crippen molar-refractivity contribution in [1.29, 1.82) is 5.26 Å². The van der Waals surface area contributed by atoms with Crippen LogP contribution in [0, 0.1) is 11.3 Å². The number of unbranched alkanes of at least 4 members (excludes halogenated alkanes) is 1. The van der Waals surface area contributed by atoms with Crippen LogP contribution in [0.2, 0.25) is 10.0 Å². The highest BCUT2D eigenvalue weighted by molar-refractivity contribution is 6.36. The second-order valence-corrected chi connectivity index (χ2v) is 8.69. The summed E-state index contributed by atoms with van der Waals surface area (Å²) in [6.45, 7) is 2.72. The van der Waals surface area contributed by atoms with Crippen LogP contribution in [-0.4, -0.2) is 12.6 Å². The molecule has 1 atom stereocenters. The molecule has 0 aliphatic carbocycles. The largest absolute Gasteiger partial charge is 0.494 e. The van der Waals surface area contributed by atoms with Crippen molar-refractivity contribution in [3.8, 4) is 23.3 Å². The SMILES string of the molecule is CCCCOc1ccc(C(=O)Oc2ccc3c(c2)OC(N)=C(C#N)C3c2c(Cl)cccc2Cl)cc1. The maximum absolute atomic E-state index is 12.7. The van der Waals surface area contributed by atoms with Gasteiger partial charge in [0.25, 0.3) is 0 Å². The van der Waals surface area contributed by atoms with Crippen molar-refractivity contribution >= 4 is 29.2 Å². The van der Waals surface area contributed by atoms with E-state index >= 15 is 0 Å². The number of hydrogen-bond donors (Lipinski definition) is 1. The van der Waals surface area contributed by atoms with E-state index in [2.05, 4.69) is 13.0 Å². The zero-order chi connectivity index (χ0) is 24.9. The Morgan fingerprint density at radius 1 is 1.09 bits per heavy atom. The van der Waals surface area contributed by atoms with Crippen LogP contribution in [0.1, 0.15) is 47.2 Å². The maximum atomic E-state index is 12.7. The van der Waals surface area contributed by atoms with Crippen LogP contribution in [0.15, 0.2) is 72.1 Å². The van der Waals surface area contributed by atoms with Gasteiger partial charge in [-0.05, 0) is 48.9 Å². The molecule has 3 aromatic carbocycles. The minimum absolute atomic E-state index is 0.0666. The monoisotopic (exact) mass is 508 g/mol. The number of ether oxygens (including phenoxy) is 3. The number of esters is 1.